The number of hydrogen-bond acceptors (Lipinski definition) is 2. The molecule has 2 aromatic rings. The molecule has 152 valence electrons. The first kappa shape index (κ1) is 23.3. The number of anilines is 1. The van der Waals surface area contributed by atoms with E-state index in [0.29, 0.717) is 0 Å². The maximum Gasteiger partial charge on any atom is 0.0314 e. The lowest BCUT2D eigenvalue weighted by Crippen LogP contribution is -2.12. The molecule has 1 aliphatic carbocycles. The SMILES string of the molecule is CCCCc1c[nH]c2c1CCCC2.CCCNCC.Cc1ccc(N)cc1. The minimum absolute atomic E-state index is 0.829. The zero-order chi connectivity index (χ0) is 19.9. The summed E-state index contributed by atoms with van der Waals surface area (Å²) in [6, 6.07) is 7.79. The fourth-order valence-electron chi connectivity index (χ4n) is 3.19. The monoisotopic (exact) mass is 371 g/mol. The van der Waals surface area contributed by atoms with Crippen LogP contribution < -0.4 is 11.1 Å². The van der Waals surface area contributed by atoms with Gasteiger partial charge in [-0.25, -0.2) is 0 Å². The number of nitrogen functional groups attached to an aromatic ring is 1. The summed E-state index contributed by atoms with van der Waals surface area (Å²) in [6.45, 7) is 10.9. The molecule has 1 heterocycles. The van der Waals surface area contributed by atoms with Gasteiger partial charge in [-0.05, 0) is 88.2 Å². The summed E-state index contributed by atoms with van der Waals surface area (Å²) >= 11 is 0. The number of fused-ring (bicyclic) bond motifs is 1. The van der Waals surface area contributed by atoms with Crippen molar-refractivity contribution in [3.63, 3.8) is 0 Å². The lowest BCUT2D eigenvalue weighted by molar-refractivity contribution is 0.669. The molecule has 3 heteroatoms. The van der Waals surface area contributed by atoms with Crippen LogP contribution in [0.3, 0.4) is 0 Å². The molecule has 0 bridgehead atoms. The third-order valence-corrected chi connectivity index (χ3v) is 4.83. The van der Waals surface area contributed by atoms with E-state index in [9.17, 15) is 0 Å². The Balaban J connectivity index is 0.000000224. The lowest BCUT2D eigenvalue weighted by atomic mass is 9.93. The fraction of sp³-hybridized carbons (Fsp3) is 0.583. The average molecular weight is 372 g/mol. The van der Waals surface area contributed by atoms with Gasteiger partial charge in [0, 0.05) is 17.6 Å². The molecule has 4 N–H and O–H groups in total. The van der Waals surface area contributed by atoms with Crippen LogP contribution in [0.1, 0.15) is 75.3 Å². The molecule has 3 nitrogen and oxygen atoms in total. The molecule has 1 aromatic carbocycles. The summed E-state index contributed by atoms with van der Waals surface area (Å²) < 4.78 is 0. The Morgan fingerprint density at radius 1 is 1.00 bits per heavy atom. The zero-order valence-electron chi connectivity index (χ0n) is 18.0. The molecule has 3 rings (SSSR count). The van der Waals surface area contributed by atoms with Gasteiger partial charge in [0.2, 0.25) is 0 Å². The molecule has 0 spiro atoms. The highest BCUT2D eigenvalue weighted by molar-refractivity contribution is 5.38. The predicted octanol–water partition coefficient (Wildman–Crippen LogP) is 5.82. The molecule has 0 amide bonds. The highest BCUT2D eigenvalue weighted by Crippen LogP contribution is 2.24. The van der Waals surface area contributed by atoms with Crippen LogP contribution in [-0.2, 0) is 19.3 Å². The molecular formula is C24H41N3. The van der Waals surface area contributed by atoms with Crippen LogP contribution in [0.2, 0.25) is 0 Å². The number of hydrogen-bond donors (Lipinski definition) is 3. The number of aryl methyl sites for hydroxylation is 3. The number of aromatic nitrogens is 1. The van der Waals surface area contributed by atoms with Gasteiger partial charge in [0.1, 0.15) is 0 Å². The van der Waals surface area contributed by atoms with Crippen LogP contribution in [0.15, 0.2) is 30.5 Å². The van der Waals surface area contributed by atoms with E-state index in [-0.39, 0.29) is 0 Å². The molecular weight excluding hydrogens is 330 g/mol. The third-order valence-electron chi connectivity index (χ3n) is 4.83. The number of rotatable bonds is 6. The van der Waals surface area contributed by atoms with Crippen LogP contribution in [-0.4, -0.2) is 18.1 Å². The summed E-state index contributed by atoms with van der Waals surface area (Å²) in [5.41, 5.74) is 12.3. The summed E-state index contributed by atoms with van der Waals surface area (Å²) in [4.78, 5) is 3.44. The first-order valence-electron chi connectivity index (χ1n) is 10.8. The molecule has 0 unspecified atom stereocenters. The van der Waals surface area contributed by atoms with Crippen molar-refractivity contribution in [2.24, 2.45) is 0 Å². The summed E-state index contributed by atoms with van der Waals surface area (Å²) in [7, 11) is 0. The van der Waals surface area contributed by atoms with Crippen LogP contribution in [0, 0.1) is 6.92 Å². The maximum absolute atomic E-state index is 5.43. The number of benzene rings is 1. The van der Waals surface area contributed by atoms with Gasteiger partial charge in [0.05, 0.1) is 0 Å². The van der Waals surface area contributed by atoms with E-state index < -0.39 is 0 Å². The van der Waals surface area contributed by atoms with E-state index in [2.05, 4.69) is 37.3 Å². The Labute approximate surface area is 167 Å². The van der Waals surface area contributed by atoms with Crippen molar-refractivity contribution in [1.82, 2.24) is 10.3 Å². The Bertz CT molecular complexity index is 574. The highest BCUT2D eigenvalue weighted by atomic mass is 14.8. The molecule has 1 aromatic heterocycles. The number of nitrogens with two attached hydrogens (primary N) is 1. The minimum atomic E-state index is 0.829. The first-order valence-corrected chi connectivity index (χ1v) is 10.8. The van der Waals surface area contributed by atoms with Crippen LogP contribution in [0.25, 0.3) is 0 Å². The lowest BCUT2D eigenvalue weighted by Gasteiger charge is -2.12. The normalized spacial score (nSPS) is 12.3. The second-order valence-corrected chi connectivity index (χ2v) is 7.35. The standard InChI is InChI=1S/C12H19N.C7H9N.C5H13N/c1-2-3-6-10-9-13-12-8-5-4-7-11(10)12;1-6-2-4-7(8)5-3-6;1-3-5-6-4-2/h9,13H,2-8H2,1H3;2-5H,8H2,1H3;6H,3-5H2,1-2H3. The van der Waals surface area contributed by atoms with Crippen molar-refractivity contribution in [3.05, 3.63) is 52.8 Å². The van der Waals surface area contributed by atoms with E-state index in [4.69, 9.17) is 5.73 Å². The van der Waals surface area contributed by atoms with E-state index in [1.165, 1.54) is 62.6 Å². The van der Waals surface area contributed by atoms with E-state index >= 15 is 0 Å². The maximum atomic E-state index is 5.43. The highest BCUT2D eigenvalue weighted by Gasteiger charge is 2.14. The molecule has 0 fully saturated rings. The van der Waals surface area contributed by atoms with Crippen LogP contribution in [0.5, 0.6) is 0 Å². The van der Waals surface area contributed by atoms with Gasteiger partial charge < -0.3 is 16.0 Å². The van der Waals surface area contributed by atoms with Crippen molar-refractivity contribution in [3.8, 4) is 0 Å². The van der Waals surface area contributed by atoms with Crippen LogP contribution >= 0.6 is 0 Å². The van der Waals surface area contributed by atoms with Gasteiger partial charge in [-0.2, -0.15) is 0 Å². The molecule has 0 atom stereocenters. The Morgan fingerprint density at radius 3 is 2.26 bits per heavy atom. The molecule has 0 aliphatic heterocycles. The Kier molecular flexibility index (Phi) is 12.4. The van der Waals surface area contributed by atoms with E-state index in [0.717, 1.165) is 18.8 Å². The van der Waals surface area contributed by atoms with Gasteiger partial charge in [0.15, 0.2) is 0 Å². The summed E-state index contributed by atoms with van der Waals surface area (Å²) in [5, 5.41) is 3.20. The van der Waals surface area contributed by atoms with Crippen molar-refractivity contribution in [2.45, 2.75) is 79.1 Å². The van der Waals surface area contributed by atoms with Gasteiger partial charge in [-0.15, -0.1) is 0 Å². The Hall–Kier alpha value is -1.74. The van der Waals surface area contributed by atoms with Gasteiger partial charge in [-0.3, -0.25) is 0 Å². The van der Waals surface area contributed by atoms with Crippen LogP contribution in [0.4, 0.5) is 5.69 Å². The van der Waals surface area contributed by atoms with Crippen molar-refractivity contribution < 1.29 is 0 Å². The molecule has 27 heavy (non-hydrogen) atoms. The molecule has 1 aliphatic rings. The number of H-pyrrole nitrogens is 1. The minimum Gasteiger partial charge on any atom is -0.399 e. The second kappa shape index (κ2) is 14.3. The number of aromatic amines is 1. The molecule has 0 saturated carbocycles. The number of nitrogens with one attached hydrogen (secondary N) is 2. The topological polar surface area (TPSA) is 53.8 Å². The van der Waals surface area contributed by atoms with Gasteiger partial charge >= 0.3 is 0 Å². The zero-order valence-corrected chi connectivity index (χ0v) is 18.0. The molecule has 0 saturated heterocycles. The summed E-state index contributed by atoms with van der Waals surface area (Å²) in [5.74, 6) is 0. The summed E-state index contributed by atoms with van der Waals surface area (Å²) in [6.07, 6.45) is 12.8. The Morgan fingerprint density at radius 2 is 1.70 bits per heavy atom. The van der Waals surface area contributed by atoms with Gasteiger partial charge in [-0.1, -0.05) is 44.9 Å². The average Bonchev–Trinajstić information content (AvgIpc) is 3.11. The van der Waals surface area contributed by atoms with E-state index in [1.54, 1.807) is 11.1 Å². The quantitative estimate of drug-likeness (QED) is 0.443. The number of unbranched alkanes of at least 4 members (excludes halogenated alkanes) is 1. The first-order chi connectivity index (χ1) is 13.1. The van der Waals surface area contributed by atoms with E-state index in [1.807, 2.05) is 31.2 Å². The van der Waals surface area contributed by atoms with Gasteiger partial charge in [0.25, 0.3) is 0 Å². The second-order valence-electron chi connectivity index (χ2n) is 7.35. The third kappa shape index (κ3) is 9.67. The van der Waals surface area contributed by atoms with Crippen molar-refractivity contribution in [1.29, 1.82) is 0 Å². The largest absolute Gasteiger partial charge is 0.399 e. The predicted molar refractivity (Wildman–Crippen MR) is 120 cm³/mol. The fourth-order valence-corrected chi connectivity index (χ4v) is 3.19. The molecule has 0 radical (unpaired) electrons. The van der Waals surface area contributed by atoms with Crippen molar-refractivity contribution >= 4 is 5.69 Å². The van der Waals surface area contributed by atoms with Crippen molar-refractivity contribution in [2.75, 3.05) is 18.8 Å². The smallest absolute Gasteiger partial charge is 0.0314 e.